The number of thiophene rings is 1. The molecule has 2 aromatic rings. The van der Waals surface area contributed by atoms with Crippen molar-refractivity contribution in [2.24, 2.45) is 0 Å². The average molecular weight is 558 g/mol. The van der Waals surface area contributed by atoms with Crippen LogP contribution in [0, 0.1) is 0 Å². The van der Waals surface area contributed by atoms with E-state index in [1.54, 1.807) is 11.3 Å². The molecule has 8 nitrogen and oxygen atoms in total. The molecule has 2 saturated heterocycles. The van der Waals surface area contributed by atoms with Gasteiger partial charge in [0.2, 0.25) is 0 Å². The van der Waals surface area contributed by atoms with Crippen LogP contribution in [0.2, 0.25) is 0 Å². The van der Waals surface area contributed by atoms with Gasteiger partial charge in [0.1, 0.15) is 6.10 Å². The molecule has 0 saturated carbocycles. The zero-order valence-corrected chi connectivity index (χ0v) is 19.9. The van der Waals surface area contributed by atoms with Crippen molar-refractivity contribution in [1.82, 2.24) is 9.88 Å². The van der Waals surface area contributed by atoms with Crippen LogP contribution in [-0.4, -0.2) is 75.8 Å². The number of rotatable bonds is 5. The van der Waals surface area contributed by atoms with Crippen LogP contribution in [-0.2, 0) is 32.2 Å². The Morgan fingerprint density at radius 3 is 2.16 bits per heavy atom. The van der Waals surface area contributed by atoms with Crippen LogP contribution in [0.3, 0.4) is 0 Å². The lowest BCUT2D eigenvalue weighted by Crippen LogP contribution is -2.41. The summed E-state index contributed by atoms with van der Waals surface area (Å²) >= 11 is 1.77. The third-order valence-corrected chi connectivity index (χ3v) is 5.98. The molecule has 0 spiro atoms. The van der Waals surface area contributed by atoms with Gasteiger partial charge in [0.05, 0.1) is 12.7 Å². The Bertz CT molecular complexity index is 950. The van der Waals surface area contributed by atoms with Crippen LogP contribution in [0.1, 0.15) is 24.0 Å². The summed E-state index contributed by atoms with van der Waals surface area (Å²) in [4.78, 5) is 24.4. The number of ether oxygens (including phenoxy) is 2. The molecule has 206 valence electrons. The molecule has 2 N–H and O–H groups in total. The van der Waals surface area contributed by atoms with Crippen molar-refractivity contribution in [3.05, 3.63) is 52.5 Å². The SMILES string of the molecule is O=C(O)C(F)(F)F.O=C(O)C(F)(F)F.c1cc(CO[C@H]2CN(Cc3ccsc3)[C@@H]3CCCO[C@H]23)ccn1. The van der Waals surface area contributed by atoms with Crippen LogP contribution in [0.15, 0.2) is 41.4 Å². The van der Waals surface area contributed by atoms with Crippen LogP contribution in [0.4, 0.5) is 26.3 Å². The molecule has 4 rings (SSSR count). The van der Waals surface area contributed by atoms with Gasteiger partial charge in [-0.3, -0.25) is 9.88 Å². The molecule has 0 bridgehead atoms. The maximum Gasteiger partial charge on any atom is 0.490 e. The highest BCUT2D eigenvalue weighted by Gasteiger charge is 2.44. The van der Waals surface area contributed by atoms with E-state index in [9.17, 15) is 26.3 Å². The number of aliphatic carboxylic acids is 2. The summed E-state index contributed by atoms with van der Waals surface area (Å²) in [5, 5.41) is 18.6. The number of carboxylic acid groups (broad SMARTS) is 2. The van der Waals surface area contributed by atoms with Gasteiger partial charge in [0.15, 0.2) is 0 Å². The van der Waals surface area contributed by atoms with E-state index in [2.05, 4.69) is 26.7 Å². The van der Waals surface area contributed by atoms with E-state index >= 15 is 0 Å². The predicted molar refractivity (Wildman–Crippen MR) is 118 cm³/mol. The Kier molecular flexibility index (Phi) is 11.3. The molecule has 0 aromatic carbocycles. The minimum atomic E-state index is -5.08. The molecule has 0 radical (unpaired) electrons. The Hall–Kier alpha value is -2.75. The molecule has 4 heterocycles. The van der Waals surface area contributed by atoms with Crippen molar-refractivity contribution in [3.63, 3.8) is 0 Å². The predicted octanol–water partition coefficient (Wildman–Crippen LogP) is 4.36. The first-order chi connectivity index (χ1) is 17.3. The van der Waals surface area contributed by atoms with Crippen LogP contribution >= 0.6 is 11.3 Å². The molecular formula is C22H24F6N2O6S. The van der Waals surface area contributed by atoms with Crippen molar-refractivity contribution < 1.29 is 55.6 Å². The van der Waals surface area contributed by atoms with Crippen molar-refractivity contribution >= 4 is 23.3 Å². The standard InChI is InChI=1S/C18H22N2O2S.2C2HF3O2/c1-2-16-18(21-8-1)17(22-12-14-3-6-19-7-4-14)11-20(16)10-15-5-9-23-13-15;2*3-2(4,5)1(6)7/h3-7,9,13,16-18H,1-2,8,10-12H2;2*(H,6,7)/t16-,17+,18+;;/m1../s1. The zero-order valence-electron chi connectivity index (χ0n) is 19.1. The van der Waals surface area contributed by atoms with Crippen molar-refractivity contribution in [2.75, 3.05) is 13.2 Å². The van der Waals surface area contributed by atoms with E-state index in [1.165, 1.54) is 17.5 Å². The average Bonchev–Trinajstić information content (AvgIpc) is 3.46. The first kappa shape index (κ1) is 30.5. The fourth-order valence-corrected chi connectivity index (χ4v) is 4.29. The van der Waals surface area contributed by atoms with Gasteiger partial charge in [-0.25, -0.2) is 9.59 Å². The molecule has 0 aliphatic carbocycles. The summed E-state index contributed by atoms with van der Waals surface area (Å²) in [5.74, 6) is -5.51. The number of likely N-dealkylation sites (tertiary alicyclic amines) is 1. The van der Waals surface area contributed by atoms with Crippen LogP contribution < -0.4 is 0 Å². The summed E-state index contributed by atoms with van der Waals surface area (Å²) in [7, 11) is 0. The van der Waals surface area contributed by atoms with Crippen molar-refractivity contribution in [3.8, 4) is 0 Å². The lowest BCUT2D eigenvalue weighted by Gasteiger charge is -2.32. The maximum atomic E-state index is 10.6. The second-order valence-corrected chi connectivity index (χ2v) is 8.70. The summed E-state index contributed by atoms with van der Waals surface area (Å²) in [6.07, 6.45) is -3.80. The number of alkyl halides is 6. The number of hydrogen-bond donors (Lipinski definition) is 2. The number of fused-ring (bicyclic) bond motifs is 1. The smallest absolute Gasteiger partial charge is 0.475 e. The highest BCUT2D eigenvalue weighted by Crippen LogP contribution is 2.32. The van der Waals surface area contributed by atoms with Crippen molar-refractivity contribution in [2.45, 2.75) is 56.6 Å². The molecule has 2 aliphatic heterocycles. The molecule has 3 atom stereocenters. The Morgan fingerprint density at radius 1 is 1.05 bits per heavy atom. The number of halogens is 6. The van der Waals surface area contributed by atoms with Crippen LogP contribution in [0.5, 0.6) is 0 Å². The van der Waals surface area contributed by atoms with E-state index in [4.69, 9.17) is 29.3 Å². The minimum Gasteiger partial charge on any atom is -0.475 e. The largest absolute Gasteiger partial charge is 0.490 e. The highest BCUT2D eigenvalue weighted by atomic mass is 32.1. The van der Waals surface area contributed by atoms with E-state index < -0.39 is 24.3 Å². The van der Waals surface area contributed by atoms with E-state index in [0.29, 0.717) is 12.6 Å². The molecule has 2 fully saturated rings. The fraction of sp³-hybridized carbons (Fsp3) is 0.500. The molecule has 2 aromatic heterocycles. The van der Waals surface area contributed by atoms with Gasteiger partial charge in [0.25, 0.3) is 0 Å². The zero-order chi connectivity index (χ0) is 27.6. The molecular weight excluding hydrogens is 534 g/mol. The quantitative estimate of drug-likeness (QED) is 0.522. The monoisotopic (exact) mass is 558 g/mol. The molecule has 37 heavy (non-hydrogen) atoms. The molecule has 15 heteroatoms. The van der Waals surface area contributed by atoms with E-state index in [1.807, 2.05) is 24.5 Å². The van der Waals surface area contributed by atoms with Gasteiger partial charge >= 0.3 is 24.3 Å². The second-order valence-electron chi connectivity index (χ2n) is 7.92. The van der Waals surface area contributed by atoms with Gasteiger partial charge in [-0.05, 0) is 52.9 Å². The normalized spacial score (nSPS) is 21.6. The number of carbonyl (C=O) groups is 2. The molecule has 2 aliphatic rings. The van der Waals surface area contributed by atoms with Gasteiger partial charge < -0.3 is 19.7 Å². The summed E-state index contributed by atoms with van der Waals surface area (Å²) in [6, 6.07) is 6.73. The molecule has 0 unspecified atom stereocenters. The topological polar surface area (TPSA) is 109 Å². The van der Waals surface area contributed by atoms with E-state index in [0.717, 1.165) is 26.1 Å². The van der Waals surface area contributed by atoms with Crippen molar-refractivity contribution in [1.29, 1.82) is 0 Å². The maximum absolute atomic E-state index is 10.6. The Labute approximate surface area is 211 Å². The fourth-order valence-electron chi connectivity index (χ4n) is 3.63. The summed E-state index contributed by atoms with van der Waals surface area (Å²) < 4.78 is 75.8. The third-order valence-electron chi connectivity index (χ3n) is 5.25. The van der Waals surface area contributed by atoms with Gasteiger partial charge in [0, 0.05) is 38.1 Å². The number of aromatic nitrogens is 1. The third kappa shape index (κ3) is 10.3. The van der Waals surface area contributed by atoms with Gasteiger partial charge in [-0.2, -0.15) is 37.7 Å². The number of pyridine rings is 1. The highest BCUT2D eigenvalue weighted by molar-refractivity contribution is 7.07. The van der Waals surface area contributed by atoms with E-state index in [-0.39, 0.29) is 12.2 Å². The Morgan fingerprint density at radius 2 is 1.65 bits per heavy atom. The summed E-state index contributed by atoms with van der Waals surface area (Å²) in [6.45, 7) is 3.45. The summed E-state index contributed by atoms with van der Waals surface area (Å²) in [5.41, 5.74) is 2.57. The second kappa shape index (κ2) is 13.7. The van der Waals surface area contributed by atoms with Gasteiger partial charge in [-0.1, -0.05) is 0 Å². The Balaban J connectivity index is 0.000000286. The lowest BCUT2D eigenvalue weighted by atomic mass is 10.0. The van der Waals surface area contributed by atoms with Crippen LogP contribution in [0.25, 0.3) is 0 Å². The lowest BCUT2D eigenvalue weighted by molar-refractivity contribution is -0.193. The number of hydrogen-bond acceptors (Lipinski definition) is 7. The minimum absolute atomic E-state index is 0.159. The first-order valence-electron chi connectivity index (χ1n) is 10.8. The molecule has 0 amide bonds. The number of carboxylic acids is 2. The van der Waals surface area contributed by atoms with Gasteiger partial charge in [-0.15, -0.1) is 0 Å². The first-order valence-corrected chi connectivity index (χ1v) is 11.7. The number of nitrogens with zero attached hydrogens (tertiary/aromatic N) is 2.